The van der Waals surface area contributed by atoms with Gasteiger partial charge in [-0.15, -0.1) is 0 Å². The van der Waals surface area contributed by atoms with Crippen LogP contribution < -0.4 is 5.56 Å². The molecule has 4 heteroatoms. The molecule has 2 heterocycles. The number of nitrogens with zero attached hydrogens (tertiary/aromatic N) is 2. The van der Waals surface area contributed by atoms with Crippen LogP contribution in [0, 0.1) is 20.8 Å². The van der Waals surface area contributed by atoms with Crippen LogP contribution in [-0.2, 0) is 13.6 Å². The lowest BCUT2D eigenvalue weighted by molar-refractivity contribution is 0.0970. The van der Waals surface area contributed by atoms with Crippen LogP contribution in [0.5, 0.6) is 0 Å². The Morgan fingerprint density at radius 3 is 2.53 bits per heavy atom. The minimum Gasteiger partial charge on any atom is -0.351 e. The van der Waals surface area contributed by atoms with Gasteiger partial charge in [0, 0.05) is 35.8 Å². The Balaban J connectivity index is 2.34. The fourth-order valence-electron chi connectivity index (χ4n) is 2.16. The van der Waals surface area contributed by atoms with E-state index in [9.17, 15) is 9.59 Å². The first-order chi connectivity index (χ1) is 8.91. The van der Waals surface area contributed by atoms with Crippen molar-refractivity contribution in [3.8, 4) is 0 Å². The summed E-state index contributed by atoms with van der Waals surface area (Å²) in [5.74, 6) is -0.0334. The number of hydrogen-bond donors (Lipinski definition) is 0. The zero-order valence-electron chi connectivity index (χ0n) is 11.7. The molecule has 2 rings (SSSR count). The summed E-state index contributed by atoms with van der Waals surface area (Å²) < 4.78 is 3.44. The number of rotatable bonds is 3. The minimum absolute atomic E-state index is 0.0334. The fraction of sp³-hybridized carbons (Fsp3) is 0.333. The minimum atomic E-state index is -0.110. The average molecular weight is 258 g/mol. The second kappa shape index (κ2) is 4.88. The molecule has 0 fully saturated rings. The Morgan fingerprint density at radius 1 is 1.26 bits per heavy atom. The van der Waals surface area contributed by atoms with E-state index in [2.05, 4.69) is 0 Å². The van der Waals surface area contributed by atoms with Gasteiger partial charge in [0.15, 0.2) is 5.78 Å². The number of carbonyl (C=O) groups excluding carboxylic acids is 1. The summed E-state index contributed by atoms with van der Waals surface area (Å²) >= 11 is 0. The molecule has 0 aliphatic heterocycles. The molecule has 100 valence electrons. The smallest absolute Gasteiger partial charge is 0.253 e. The molecule has 0 spiro atoms. The van der Waals surface area contributed by atoms with Gasteiger partial charge in [0.2, 0.25) is 0 Å². The number of aryl methyl sites for hydroxylation is 2. The topological polar surface area (TPSA) is 44.0 Å². The molecule has 0 saturated carbocycles. The molecule has 4 nitrogen and oxygen atoms in total. The molecule has 19 heavy (non-hydrogen) atoms. The first kappa shape index (κ1) is 13.3. The summed E-state index contributed by atoms with van der Waals surface area (Å²) in [5, 5.41) is 0. The van der Waals surface area contributed by atoms with Crippen molar-refractivity contribution < 1.29 is 4.79 Å². The van der Waals surface area contributed by atoms with Crippen molar-refractivity contribution in [2.45, 2.75) is 27.3 Å². The van der Waals surface area contributed by atoms with Crippen molar-refractivity contribution in [1.29, 1.82) is 0 Å². The number of ketones is 1. The molecule has 0 unspecified atom stereocenters. The Hall–Kier alpha value is -2.10. The molecule has 2 aromatic heterocycles. The molecule has 0 N–H and O–H groups in total. The molecule has 0 aromatic carbocycles. The highest BCUT2D eigenvalue weighted by Crippen LogP contribution is 2.14. The second-order valence-electron chi connectivity index (χ2n) is 4.89. The van der Waals surface area contributed by atoms with E-state index >= 15 is 0 Å². The van der Waals surface area contributed by atoms with Crippen molar-refractivity contribution >= 4 is 5.78 Å². The summed E-state index contributed by atoms with van der Waals surface area (Å²) in [5.41, 5.74) is 3.20. The maximum atomic E-state index is 12.3. The van der Waals surface area contributed by atoms with Crippen LogP contribution in [0.3, 0.4) is 0 Å². The van der Waals surface area contributed by atoms with Crippen LogP contribution in [0.15, 0.2) is 29.2 Å². The third kappa shape index (κ3) is 2.38. The molecule has 2 aromatic rings. The number of aromatic nitrogens is 2. The van der Waals surface area contributed by atoms with Crippen LogP contribution in [0.1, 0.15) is 27.3 Å². The third-order valence-corrected chi connectivity index (χ3v) is 3.60. The Morgan fingerprint density at radius 2 is 1.95 bits per heavy atom. The summed E-state index contributed by atoms with van der Waals surface area (Å²) in [7, 11) is 1.93. The predicted molar refractivity (Wildman–Crippen MR) is 74.7 cm³/mol. The standard InChI is InChI=1S/C15H18N2O2/c1-10-6-5-7-17(15(10)19)9-14(18)13-8-11(2)16(4)12(13)3/h5-8H,9H2,1-4H3. The van der Waals surface area contributed by atoms with Crippen molar-refractivity contribution in [3.63, 3.8) is 0 Å². The highest BCUT2D eigenvalue weighted by atomic mass is 16.1. The van der Waals surface area contributed by atoms with Gasteiger partial charge in [-0.05, 0) is 32.9 Å². The average Bonchev–Trinajstić information content (AvgIpc) is 2.63. The Labute approximate surface area is 112 Å². The highest BCUT2D eigenvalue weighted by molar-refractivity contribution is 5.97. The lowest BCUT2D eigenvalue weighted by atomic mass is 10.1. The van der Waals surface area contributed by atoms with Crippen LogP contribution >= 0.6 is 0 Å². The Bertz CT molecular complexity index is 693. The van der Waals surface area contributed by atoms with Gasteiger partial charge in [-0.1, -0.05) is 6.07 Å². The fourth-order valence-corrected chi connectivity index (χ4v) is 2.16. The maximum absolute atomic E-state index is 12.3. The van der Waals surface area contributed by atoms with E-state index in [1.807, 2.05) is 31.5 Å². The van der Waals surface area contributed by atoms with E-state index in [4.69, 9.17) is 0 Å². The van der Waals surface area contributed by atoms with Crippen molar-refractivity contribution in [2.75, 3.05) is 0 Å². The number of Topliss-reactive ketones (excluding diaryl/α,β-unsaturated/α-hetero) is 1. The first-order valence-electron chi connectivity index (χ1n) is 6.24. The van der Waals surface area contributed by atoms with Gasteiger partial charge in [0.05, 0.1) is 6.54 Å². The molecular weight excluding hydrogens is 240 g/mol. The Kier molecular flexibility index (Phi) is 3.42. The molecule has 0 saturated heterocycles. The van der Waals surface area contributed by atoms with Crippen molar-refractivity contribution in [2.24, 2.45) is 7.05 Å². The molecule has 0 radical (unpaired) electrons. The largest absolute Gasteiger partial charge is 0.351 e. The molecule has 0 amide bonds. The highest BCUT2D eigenvalue weighted by Gasteiger charge is 2.15. The van der Waals surface area contributed by atoms with E-state index < -0.39 is 0 Å². The van der Waals surface area contributed by atoms with E-state index in [0.717, 1.165) is 11.4 Å². The zero-order valence-corrected chi connectivity index (χ0v) is 11.7. The predicted octanol–water partition coefficient (Wildman–Crippen LogP) is 1.99. The summed E-state index contributed by atoms with van der Waals surface area (Å²) in [4.78, 5) is 24.2. The van der Waals surface area contributed by atoms with Crippen LogP contribution in [0.4, 0.5) is 0 Å². The molecule has 0 atom stereocenters. The van der Waals surface area contributed by atoms with Gasteiger partial charge >= 0.3 is 0 Å². The molecule has 0 bridgehead atoms. The normalized spacial score (nSPS) is 10.7. The molecule has 0 aliphatic rings. The van der Waals surface area contributed by atoms with Gasteiger partial charge < -0.3 is 9.13 Å². The van der Waals surface area contributed by atoms with Gasteiger partial charge in [-0.2, -0.15) is 0 Å². The number of carbonyl (C=O) groups is 1. The number of pyridine rings is 1. The van der Waals surface area contributed by atoms with E-state index in [1.165, 1.54) is 4.57 Å². The van der Waals surface area contributed by atoms with Gasteiger partial charge in [0.1, 0.15) is 0 Å². The quantitative estimate of drug-likeness (QED) is 0.790. The summed E-state index contributed by atoms with van der Waals surface area (Å²) in [6.45, 7) is 5.72. The zero-order chi connectivity index (χ0) is 14.2. The monoisotopic (exact) mass is 258 g/mol. The molecule has 0 aliphatic carbocycles. The summed E-state index contributed by atoms with van der Waals surface area (Å²) in [6, 6.07) is 5.41. The van der Waals surface area contributed by atoms with Gasteiger partial charge in [-0.25, -0.2) is 0 Å². The van der Waals surface area contributed by atoms with E-state index in [1.54, 1.807) is 25.3 Å². The van der Waals surface area contributed by atoms with Crippen molar-refractivity contribution in [1.82, 2.24) is 9.13 Å². The van der Waals surface area contributed by atoms with Crippen molar-refractivity contribution in [3.05, 3.63) is 57.3 Å². The van der Waals surface area contributed by atoms with Gasteiger partial charge in [-0.3, -0.25) is 9.59 Å². The summed E-state index contributed by atoms with van der Waals surface area (Å²) in [6.07, 6.45) is 1.65. The lowest BCUT2D eigenvalue weighted by Gasteiger charge is -2.06. The first-order valence-corrected chi connectivity index (χ1v) is 6.24. The SMILES string of the molecule is Cc1cccn(CC(=O)c2cc(C)n(C)c2C)c1=O. The van der Waals surface area contributed by atoms with Crippen LogP contribution in [0.25, 0.3) is 0 Å². The molecular formula is C15H18N2O2. The number of hydrogen-bond acceptors (Lipinski definition) is 2. The van der Waals surface area contributed by atoms with E-state index in [-0.39, 0.29) is 17.9 Å². The van der Waals surface area contributed by atoms with E-state index in [0.29, 0.717) is 11.1 Å². The maximum Gasteiger partial charge on any atom is 0.253 e. The third-order valence-electron chi connectivity index (χ3n) is 3.60. The van der Waals surface area contributed by atoms with Crippen LogP contribution in [-0.4, -0.2) is 14.9 Å². The van der Waals surface area contributed by atoms with Crippen LogP contribution in [0.2, 0.25) is 0 Å². The lowest BCUT2D eigenvalue weighted by Crippen LogP contribution is -2.25. The second-order valence-corrected chi connectivity index (χ2v) is 4.89. The van der Waals surface area contributed by atoms with Gasteiger partial charge in [0.25, 0.3) is 5.56 Å².